The van der Waals surface area contributed by atoms with Crippen molar-refractivity contribution in [1.82, 2.24) is 15.2 Å². The number of carbonyl (C=O) groups excluding carboxylic acids is 2. The van der Waals surface area contributed by atoms with Crippen molar-refractivity contribution in [2.45, 2.75) is 32.4 Å². The summed E-state index contributed by atoms with van der Waals surface area (Å²) < 4.78 is 13.0. The maximum atomic E-state index is 13.0. The van der Waals surface area contributed by atoms with Crippen LogP contribution in [-0.4, -0.2) is 46.9 Å². The van der Waals surface area contributed by atoms with E-state index in [4.69, 9.17) is 0 Å². The Bertz CT molecular complexity index is 791. The molecule has 1 atom stereocenters. The molecule has 8 heteroatoms. The number of halogens is 1. The Morgan fingerprint density at radius 3 is 2.85 bits per heavy atom. The van der Waals surface area contributed by atoms with Gasteiger partial charge in [-0.2, -0.15) is 0 Å². The minimum absolute atomic E-state index is 0.0788. The van der Waals surface area contributed by atoms with E-state index in [2.05, 4.69) is 15.6 Å². The third-order valence-corrected chi connectivity index (χ3v) is 5.06. The summed E-state index contributed by atoms with van der Waals surface area (Å²) in [6.07, 6.45) is 0.0788. The molecular formula is C18H21FN4O2S. The molecule has 0 bridgehead atoms. The van der Waals surface area contributed by atoms with Gasteiger partial charge < -0.3 is 10.6 Å². The van der Waals surface area contributed by atoms with Crippen LogP contribution in [0.25, 0.3) is 11.3 Å². The van der Waals surface area contributed by atoms with E-state index in [0.717, 1.165) is 12.1 Å². The highest BCUT2D eigenvalue weighted by Crippen LogP contribution is 2.25. The maximum absolute atomic E-state index is 13.0. The van der Waals surface area contributed by atoms with E-state index < -0.39 is 6.04 Å². The highest BCUT2D eigenvalue weighted by atomic mass is 32.1. The molecule has 138 valence electrons. The predicted octanol–water partition coefficient (Wildman–Crippen LogP) is 2.49. The van der Waals surface area contributed by atoms with E-state index in [1.54, 1.807) is 17.5 Å². The van der Waals surface area contributed by atoms with Gasteiger partial charge in [0.15, 0.2) is 5.13 Å². The highest BCUT2D eigenvalue weighted by Gasteiger charge is 2.33. The van der Waals surface area contributed by atoms with Crippen LogP contribution in [0.15, 0.2) is 29.6 Å². The molecule has 1 unspecified atom stereocenters. The molecule has 6 nitrogen and oxygen atoms in total. The van der Waals surface area contributed by atoms with Gasteiger partial charge in [0, 0.05) is 30.1 Å². The zero-order chi connectivity index (χ0) is 18.7. The fourth-order valence-corrected chi connectivity index (χ4v) is 3.73. The lowest BCUT2D eigenvalue weighted by Crippen LogP contribution is -2.58. The Labute approximate surface area is 155 Å². The maximum Gasteiger partial charge on any atom is 0.237 e. The van der Waals surface area contributed by atoms with Crippen molar-refractivity contribution in [3.63, 3.8) is 0 Å². The summed E-state index contributed by atoms with van der Waals surface area (Å²) in [6.45, 7) is 5.36. The van der Waals surface area contributed by atoms with E-state index in [1.807, 2.05) is 18.7 Å². The molecule has 26 heavy (non-hydrogen) atoms. The van der Waals surface area contributed by atoms with Crippen molar-refractivity contribution in [2.75, 3.05) is 18.4 Å². The number of nitrogens with one attached hydrogen (secondary N) is 2. The van der Waals surface area contributed by atoms with Crippen LogP contribution in [0.2, 0.25) is 0 Å². The number of thiazole rings is 1. The summed E-state index contributed by atoms with van der Waals surface area (Å²) in [5.74, 6) is -0.679. The van der Waals surface area contributed by atoms with Crippen LogP contribution in [0.4, 0.5) is 9.52 Å². The smallest absolute Gasteiger partial charge is 0.237 e. The van der Waals surface area contributed by atoms with Gasteiger partial charge in [0.05, 0.1) is 18.2 Å². The molecule has 0 spiro atoms. The third kappa shape index (κ3) is 4.25. The quantitative estimate of drug-likeness (QED) is 0.841. The Kier molecular flexibility index (Phi) is 5.63. The van der Waals surface area contributed by atoms with Crippen LogP contribution in [-0.2, 0) is 9.59 Å². The fraction of sp³-hybridized carbons (Fsp3) is 0.389. The standard InChI is InChI=1S/C18H21FN4O2S/c1-11(2)23-8-7-20-17(25)15(23)9-16(24)22-18-21-14(10-26-18)12-3-5-13(19)6-4-12/h3-6,10-11,15H,7-9H2,1-2H3,(H,20,25)(H,21,22,24). The van der Waals surface area contributed by atoms with Gasteiger partial charge in [-0.05, 0) is 38.1 Å². The molecule has 2 amide bonds. The number of benzene rings is 1. The first-order valence-electron chi connectivity index (χ1n) is 8.49. The van der Waals surface area contributed by atoms with Gasteiger partial charge in [-0.15, -0.1) is 11.3 Å². The van der Waals surface area contributed by atoms with Crippen LogP contribution in [0.3, 0.4) is 0 Å². The Morgan fingerprint density at radius 2 is 2.15 bits per heavy atom. The van der Waals surface area contributed by atoms with Gasteiger partial charge in [0.25, 0.3) is 0 Å². The van der Waals surface area contributed by atoms with Crippen molar-refractivity contribution in [3.8, 4) is 11.3 Å². The number of nitrogens with zero attached hydrogens (tertiary/aromatic N) is 2. The van der Waals surface area contributed by atoms with Gasteiger partial charge in [0.2, 0.25) is 11.8 Å². The topological polar surface area (TPSA) is 74.3 Å². The third-order valence-electron chi connectivity index (χ3n) is 4.30. The van der Waals surface area contributed by atoms with Crippen LogP contribution in [0.1, 0.15) is 20.3 Å². The molecule has 1 aliphatic heterocycles. The lowest BCUT2D eigenvalue weighted by atomic mass is 10.1. The summed E-state index contributed by atoms with van der Waals surface area (Å²) in [5.41, 5.74) is 1.45. The van der Waals surface area contributed by atoms with Crippen LogP contribution < -0.4 is 10.6 Å². The van der Waals surface area contributed by atoms with E-state index in [9.17, 15) is 14.0 Å². The number of hydrogen-bond donors (Lipinski definition) is 2. The Hall–Kier alpha value is -2.32. The highest BCUT2D eigenvalue weighted by molar-refractivity contribution is 7.14. The Morgan fingerprint density at radius 1 is 1.42 bits per heavy atom. The minimum atomic E-state index is -0.472. The first-order chi connectivity index (χ1) is 12.4. The van der Waals surface area contributed by atoms with Crippen LogP contribution in [0.5, 0.6) is 0 Å². The second-order valence-corrected chi connectivity index (χ2v) is 7.29. The molecule has 1 saturated heterocycles. The fourth-order valence-electron chi connectivity index (χ4n) is 2.99. The molecule has 2 N–H and O–H groups in total. The average molecular weight is 376 g/mol. The first-order valence-corrected chi connectivity index (χ1v) is 9.37. The van der Waals surface area contributed by atoms with Gasteiger partial charge in [-0.25, -0.2) is 9.37 Å². The van der Waals surface area contributed by atoms with Gasteiger partial charge >= 0.3 is 0 Å². The number of piperazine rings is 1. The molecule has 3 rings (SSSR count). The second kappa shape index (κ2) is 7.92. The number of aromatic nitrogens is 1. The normalized spacial score (nSPS) is 18.0. The molecule has 2 aromatic rings. The van der Waals surface area contributed by atoms with Crippen molar-refractivity contribution >= 4 is 28.3 Å². The average Bonchev–Trinajstić information content (AvgIpc) is 3.05. The summed E-state index contributed by atoms with van der Waals surface area (Å²) in [4.78, 5) is 30.9. The summed E-state index contributed by atoms with van der Waals surface area (Å²) in [5, 5.41) is 7.83. The minimum Gasteiger partial charge on any atom is -0.353 e. The van der Waals surface area contributed by atoms with Gasteiger partial charge in [-0.3, -0.25) is 14.5 Å². The molecule has 0 aliphatic carbocycles. The molecule has 1 aromatic carbocycles. The summed E-state index contributed by atoms with van der Waals surface area (Å²) >= 11 is 1.30. The van der Waals surface area contributed by atoms with Crippen LogP contribution in [0, 0.1) is 5.82 Å². The van der Waals surface area contributed by atoms with Gasteiger partial charge in [0.1, 0.15) is 5.82 Å². The lowest BCUT2D eigenvalue weighted by Gasteiger charge is -2.37. The molecule has 0 saturated carbocycles. The zero-order valence-corrected chi connectivity index (χ0v) is 15.5. The predicted molar refractivity (Wildman–Crippen MR) is 99.4 cm³/mol. The SMILES string of the molecule is CC(C)N1CCNC(=O)C1CC(=O)Nc1nc(-c2ccc(F)cc2)cs1. The number of anilines is 1. The number of amides is 2. The molecule has 1 aliphatic rings. The largest absolute Gasteiger partial charge is 0.353 e. The lowest BCUT2D eigenvalue weighted by molar-refractivity contribution is -0.133. The van der Waals surface area contributed by atoms with Crippen molar-refractivity contribution in [2.24, 2.45) is 0 Å². The summed E-state index contributed by atoms with van der Waals surface area (Å²) in [7, 11) is 0. The van der Waals surface area contributed by atoms with Crippen molar-refractivity contribution in [1.29, 1.82) is 0 Å². The van der Waals surface area contributed by atoms with Gasteiger partial charge in [-0.1, -0.05) is 0 Å². The molecule has 1 aromatic heterocycles. The number of rotatable bonds is 5. The summed E-state index contributed by atoms with van der Waals surface area (Å²) in [6, 6.07) is 5.74. The van der Waals surface area contributed by atoms with E-state index >= 15 is 0 Å². The molecule has 1 fully saturated rings. The van der Waals surface area contributed by atoms with E-state index in [-0.39, 0.29) is 30.1 Å². The molecule has 2 heterocycles. The van der Waals surface area contributed by atoms with Crippen molar-refractivity contribution < 1.29 is 14.0 Å². The van der Waals surface area contributed by atoms with E-state index in [1.165, 1.54) is 23.5 Å². The van der Waals surface area contributed by atoms with E-state index in [0.29, 0.717) is 17.4 Å². The van der Waals surface area contributed by atoms with Crippen molar-refractivity contribution in [3.05, 3.63) is 35.5 Å². The molecule has 0 radical (unpaired) electrons. The Balaban J connectivity index is 1.64. The monoisotopic (exact) mass is 376 g/mol. The van der Waals surface area contributed by atoms with Crippen LogP contribution >= 0.6 is 11.3 Å². The first kappa shape index (κ1) is 18.5. The number of carbonyl (C=O) groups is 2. The second-order valence-electron chi connectivity index (χ2n) is 6.44. The zero-order valence-electron chi connectivity index (χ0n) is 14.7. The molecular weight excluding hydrogens is 355 g/mol. The number of hydrogen-bond acceptors (Lipinski definition) is 5.